The quantitative estimate of drug-likeness (QED) is 0.884. The van der Waals surface area contributed by atoms with Crippen molar-refractivity contribution < 1.29 is 18.7 Å². The maximum atomic E-state index is 13.5. The van der Waals surface area contributed by atoms with E-state index in [9.17, 15) is 18.7 Å². The van der Waals surface area contributed by atoms with Gasteiger partial charge in [-0.25, -0.2) is 8.78 Å². The van der Waals surface area contributed by atoms with Crippen molar-refractivity contribution in [3.8, 4) is 0 Å². The van der Waals surface area contributed by atoms with Crippen LogP contribution in [0.2, 0.25) is 0 Å². The van der Waals surface area contributed by atoms with Gasteiger partial charge >= 0.3 is 0 Å². The van der Waals surface area contributed by atoms with Gasteiger partial charge in [0.15, 0.2) is 0 Å². The summed E-state index contributed by atoms with van der Waals surface area (Å²) in [4.78, 5) is 12.0. The van der Waals surface area contributed by atoms with Crippen molar-refractivity contribution in [2.45, 2.75) is 6.04 Å². The zero-order valence-corrected chi connectivity index (χ0v) is 12.4. The number of nitrogens with one attached hydrogen (secondary N) is 1. The van der Waals surface area contributed by atoms with Gasteiger partial charge in [0.1, 0.15) is 11.6 Å². The van der Waals surface area contributed by atoms with Gasteiger partial charge in [-0.2, -0.15) is 0 Å². The predicted molar refractivity (Wildman–Crippen MR) is 77.8 cm³/mol. The third-order valence-corrected chi connectivity index (χ3v) is 3.35. The van der Waals surface area contributed by atoms with Gasteiger partial charge < -0.3 is 10.4 Å². The molecule has 110 valence electrons. The minimum Gasteiger partial charge on any atom is -0.394 e. The molecule has 0 aliphatic heterocycles. The van der Waals surface area contributed by atoms with E-state index >= 15 is 0 Å². The van der Waals surface area contributed by atoms with E-state index in [0.717, 1.165) is 0 Å². The number of amides is 1. The molecule has 21 heavy (non-hydrogen) atoms. The molecule has 0 saturated heterocycles. The molecule has 0 aliphatic carbocycles. The molecule has 2 rings (SSSR count). The second kappa shape index (κ2) is 6.78. The van der Waals surface area contributed by atoms with E-state index in [2.05, 4.69) is 21.2 Å². The van der Waals surface area contributed by atoms with E-state index in [0.29, 0.717) is 10.0 Å². The van der Waals surface area contributed by atoms with Crippen LogP contribution in [-0.4, -0.2) is 17.6 Å². The van der Waals surface area contributed by atoms with Gasteiger partial charge in [-0.05, 0) is 35.9 Å². The molecule has 6 heteroatoms. The summed E-state index contributed by atoms with van der Waals surface area (Å²) in [5, 5.41) is 11.9. The Balaban J connectivity index is 2.23. The molecule has 1 atom stereocenters. The third kappa shape index (κ3) is 3.86. The molecule has 0 fully saturated rings. The highest BCUT2D eigenvalue weighted by Gasteiger charge is 2.18. The second-order valence-corrected chi connectivity index (χ2v) is 5.31. The van der Waals surface area contributed by atoms with Gasteiger partial charge in [-0.3, -0.25) is 4.79 Å². The molecular weight excluding hydrogens is 344 g/mol. The van der Waals surface area contributed by atoms with Gasteiger partial charge in [-0.1, -0.05) is 28.1 Å². The molecule has 2 aromatic carbocycles. The first-order valence-electron chi connectivity index (χ1n) is 6.13. The average molecular weight is 356 g/mol. The first-order chi connectivity index (χ1) is 10.0. The Morgan fingerprint density at radius 1 is 1.24 bits per heavy atom. The Morgan fingerprint density at radius 2 is 1.95 bits per heavy atom. The summed E-state index contributed by atoms with van der Waals surface area (Å²) in [6.45, 7) is -0.434. The number of hydrogen-bond donors (Lipinski definition) is 2. The highest BCUT2D eigenvalue weighted by molar-refractivity contribution is 9.10. The number of rotatable bonds is 4. The number of carbonyl (C=O) groups is 1. The van der Waals surface area contributed by atoms with Crippen LogP contribution >= 0.6 is 15.9 Å². The number of hydrogen-bond acceptors (Lipinski definition) is 2. The van der Waals surface area contributed by atoms with Crippen LogP contribution in [0.1, 0.15) is 22.0 Å². The van der Waals surface area contributed by atoms with Crippen molar-refractivity contribution >= 4 is 21.8 Å². The number of carbonyl (C=O) groups excluding carboxylic acids is 1. The Labute approximate surface area is 128 Å². The smallest absolute Gasteiger partial charge is 0.254 e. The van der Waals surface area contributed by atoms with Crippen LogP contribution in [-0.2, 0) is 0 Å². The van der Waals surface area contributed by atoms with Crippen molar-refractivity contribution in [2.24, 2.45) is 0 Å². The maximum Gasteiger partial charge on any atom is 0.254 e. The molecule has 1 unspecified atom stereocenters. The van der Waals surface area contributed by atoms with Gasteiger partial charge in [-0.15, -0.1) is 0 Å². The molecule has 2 N–H and O–H groups in total. The first kappa shape index (κ1) is 15.6. The Kier molecular flexibility index (Phi) is 5.03. The van der Waals surface area contributed by atoms with E-state index in [4.69, 9.17) is 0 Å². The molecule has 0 spiro atoms. The summed E-state index contributed by atoms with van der Waals surface area (Å²) < 4.78 is 27.4. The molecule has 0 heterocycles. The van der Waals surface area contributed by atoms with E-state index < -0.39 is 30.2 Å². The summed E-state index contributed by atoms with van der Waals surface area (Å²) in [6, 6.07) is 8.71. The van der Waals surface area contributed by atoms with Crippen LogP contribution in [0.15, 0.2) is 46.9 Å². The number of benzene rings is 2. The zero-order valence-electron chi connectivity index (χ0n) is 10.8. The van der Waals surface area contributed by atoms with Crippen LogP contribution in [0.5, 0.6) is 0 Å². The summed E-state index contributed by atoms with van der Waals surface area (Å²) in [6.07, 6.45) is 0. The lowest BCUT2D eigenvalue weighted by molar-refractivity contribution is 0.0912. The maximum absolute atomic E-state index is 13.5. The highest BCUT2D eigenvalue weighted by atomic mass is 79.9. The van der Waals surface area contributed by atoms with Crippen LogP contribution in [0, 0.1) is 11.6 Å². The fourth-order valence-corrected chi connectivity index (χ4v) is 2.38. The van der Waals surface area contributed by atoms with Gasteiger partial charge in [0.25, 0.3) is 5.91 Å². The Hall–Kier alpha value is -1.79. The summed E-state index contributed by atoms with van der Waals surface area (Å²) in [5.41, 5.74) is 0.250. The molecule has 0 aromatic heterocycles. The summed E-state index contributed by atoms with van der Waals surface area (Å²) >= 11 is 3.14. The van der Waals surface area contributed by atoms with Gasteiger partial charge in [0, 0.05) is 4.47 Å². The van der Waals surface area contributed by atoms with Crippen molar-refractivity contribution in [2.75, 3.05) is 6.61 Å². The molecule has 1 amide bonds. The number of halogens is 3. The van der Waals surface area contributed by atoms with E-state index in [1.165, 1.54) is 36.4 Å². The molecule has 2 aromatic rings. The Morgan fingerprint density at radius 3 is 2.57 bits per heavy atom. The lowest BCUT2D eigenvalue weighted by Gasteiger charge is -2.17. The molecule has 3 nitrogen and oxygen atoms in total. The van der Waals surface area contributed by atoms with E-state index in [1.807, 2.05) is 0 Å². The molecule has 0 radical (unpaired) electrons. The van der Waals surface area contributed by atoms with Crippen molar-refractivity contribution in [3.63, 3.8) is 0 Å². The van der Waals surface area contributed by atoms with Crippen LogP contribution in [0.25, 0.3) is 0 Å². The highest BCUT2D eigenvalue weighted by Crippen LogP contribution is 2.21. The zero-order chi connectivity index (χ0) is 15.4. The summed E-state index contributed by atoms with van der Waals surface area (Å²) in [5.74, 6) is -1.84. The number of aliphatic hydroxyl groups is 1. The van der Waals surface area contributed by atoms with Gasteiger partial charge in [0.2, 0.25) is 0 Å². The topological polar surface area (TPSA) is 49.3 Å². The van der Waals surface area contributed by atoms with Crippen LogP contribution in [0.3, 0.4) is 0 Å². The fourth-order valence-electron chi connectivity index (χ4n) is 1.89. The lowest BCUT2D eigenvalue weighted by atomic mass is 10.1. The normalized spacial score (nSPS) is 12.0. The first-order valence-corrected chi connectivity index (χ1v) is 6.93. The molecule has 0 bridgehead atoms. The third-order valence-electron chi connectivity index (χ3n) is 2.89. The minimum absolute atomic E-state index is 0.133. The number of aliphatic hydroxyl groups excluding tert-OH is 1. The molecule has 0 saturated carbocycles. The summed E-state index contributed by atoms with van der Waals surface area (Å²) in [7, 11) is 0. The second-order valence-electron chi connectivity index (χ2n) is 4.39. The van der Waals surface area contributed by atoms with Crippen LogP contribution < -0.4 is 5.32 Å². The minimum atomic E-state index is -0.830. The lowest BCUT2D eigenvalue weighted by Crippen LogP contribution is -2.31. The largest absolute Gasteiger partial charge is 0.394 e. The predicted octanol–water partition coefficient (Wildman–Crippen LogP) is 3.19. The standard InChI is InChI=1S/C15H12BrF2NO2/c16-10-5-9(6-11(17)7-10)14(8-20)19-15(21)12-3-1-2-4-13(12)18/h1-7,14,20H,8H2,(H,19,21). The molecule has 0 aliphatic rings. The monoisotopic (exact) mass is 355 g/mol. The van der Waals surface area contributed by atoms with Crippen molar-refractivity contribution in [1.82, 2.24) is 5.32 Å². The van der Waals surface area contributed by atoms with E-state index in [1.54, 1.807) is 6.07 Å². The SMILES string of the molecule is O=C(NC(CO)c1cc(F)cc(Br)c1)c1ccccc1F. The van der Waals surface area contributed by atoms with Crippen LogP contribution in [0.4, 0.5) is 8.78 Å². The Bertz CT molecular complexity index is 644. The molecular formula is C15H12BrF2NO2. The fraction of sp³-hybridized carbons (Fsp3) is 0.133. The van der Waals surface area contributed by atoms with Gasteiger partial charge in [0.05, 0.1) is 18.2 Å². The van der Waals surface area contributed by atoms with Crippen molar-refractivity contribution in [3.05, 3.63) is 69.7 Å². The van der Waals surface area contributed by atoms with E-state index in [-0.39, 0.29) is 5.56 Å². The average Bonchev–Trinajstić information content (AvgIpc) is 2.43. The van der Waals surface area contributed by atoms with Crippen molar-refractivity contribution in [1.29, 1.82) is 0 Å².